The smallest absolute Gasteiger partial charge is 0.321 e. The highest BCUT2D eigenvalue weighted by molar-refractivity contribution is 5.83. The first-order chi connectivity index (χ1) is 16.6. The fourth-order valence-corrected chi connectivity index (χ4v) is 3.33. The fraction of sp³-hybridized carbons (Fsp3) is 0.174. The van der Waals surface area contributed by atoms with Crippen LogP contribution in [0.25, 0.3) is 11.1 Å². The van der Waals surface area contributed by atoms with E-state index in [2.05, 4.69) is 25.4 Å². The third kappa shape index (κ3) is 5.83. The highest BCUT2D eigenvalue weighted by Crippen LogP contribution is 2.29. The molecule has 0 spiro atoms. The van der Waals surface area contributed by atoms with E-state index in [-0.39, 0.29) is 28.2 Å². The van der Waals surface area contributed by atoms with Gasteiger partial charge in [0.2, 0.25) is 5.95 Å². The molecule has 4 aromatic rings. The van der Waals surface area contributed by atoms with Crippen LogP contribution < -0.4 is 5.32 Å². The normalized spacial score (nSPS) is 11.5. The van der Waals surface area contributed by atoms with Crippen LogP contribution in [0.1, 0.15) is 16.7 Å². The molecule has 0 fully saturated rings. The molecule has 1 N–H and O–H groups in total. The molecular formula is C23H17F5N6O. The molecule has 0 aliphatic heterocycles. The van der Waals surface area contributed by atoms with Crippen LogP contribution in [-0.4, -0.2) is 30.5 Å². The van der Waals surface area contributed by atoms with Crippen LogP contribution in [0.2, 0.25) is 0 Å². The number of aryl methyl sites for hydroxylation is 1. The number of nitrogens with zero attached hydrogens (tertiary/aromatic N) is 5. The Morgan fingerprint density at radius 2 is 1.71 bits per heavy atom. The largest absolute Gasteiger partial charge is 0.417 e. The van der Waals surface area contributed by atoms with E-state index in [0.29, 0.717) is 11.9 Å². The molecule has 0 saturated carbocycles. The minimum absolute atomic E-state index is 0.0273. The lowest BCUT2D eigenvalue weighted by molar-refractivity contribution is -0.138. The molecule has 0 atom stereocenters. The Labute approximate surface area is 195 Å². The highest BCUT2D eigenvalue weighted by atomic mass is 19.4. The number of benzene rings is 1. The molecule has 1 aromatic carbocycles. The molecule has 3 heterocycles. The van der Waals surface area contributed by atoms with Crippen LogP contribution in [0.3, 0.4) is 0 Å². The number of carbonyl (C=O) groups is 1. The molecule has 180 valence electrons. The lowest BCUT2D eigenvalue weighted by atomic mass is 9.99. The van der Waals surface area contributed by atoms with E-state index in [9.17, 15) is 26.7 Å². The standard InChI is InChI=1S/C23H17F5N6O/c1-34-12-17(11-32-34)33-22-30-8-15(9-31-22)19-6-20(24)14(5-21(19)25)4-18(35)3-13-2-16(10-29-7-13)23(26,27)28/h2,5-12H,3-4H2,1H3,(H,30,31,33). The second-order valence-electron chi connectivity index (χ2n) is 7.72. The number of alkyl halides is 3. The van der Waals surface area contributed by atoms with Crippen LogP contribution in [0, 0.1) is 11.6 Å². The Balaban J connectivity index is 1.46. The molecular weight excluding hydrogens is 471 g/mol. The zero-order valence-corrected chi connectivity index (χ0v) is 18.1. The lowest BCUT2D eigenvalue weighted by Gasteiger charge is -2.10. The number of ketones is 1. The predicted molar refractivity (Wildman–Crippen MR) is 116 cm³/mol. The Morgan fingerprint density at radius 1 is 0.971 bits per heavy atom. The van der Waals surface area contributed by atoms with Crippen molar-refractivity contribution in [1.29, 1.82) is 0 Å². The summed E-state index contributed by atoms with van der Waals surface area (Å²) in [6.45, 7) is 0. The number of pyridine rings is 1. The Bertz CT molecular complexity index is 1370. The summed E-state index contributed by atoms with van der Waals surface area (Å²) >= 11 is 0. The summed E-state index contributed by atoms with van der Waals surface area (Å²) in [6, 6.07) is 2.61. The van der Waals surface area contributed by atoms with Gasteiger partial charge in [0.15, 0.2) is 0 Å². The third-order valence-corrected chi connectivity index (χ3v) is 4.97. The number of hydrogen-bond acceptors (Lipinski definition) is 6. The van der Waals surface area contributed by atoms with Crippen molar-refractivity contribution in [2.24, 2.45) is 7.05 Å². The van der Waals surface area contributed by atoms with E-state index < -0.39 is 42.0 Å². The molecule has 12 heteroatoms. The van der Waals surface area contributed by atoms with E-state index in [0.717, 1.165) is 24.4 Å². The summed E-state index contributed by atoms with van der Waals surface area (Å²) in [5.41, 5.74) is -0.424. The van der Waals surface area contributed by atoms with Gasteiger partial charge in [0, 0.05) is 62.0 Å². The summed E-state index contributed by atoms with van der Waals surface area (Å²) in [4.78, 5) is 24.0. The molecule has 7 nitrogen and oxygen atoms in total. The molecule has 0 bridgehead atoms. The number of anilines is 2. The maximum Gasteiger partial charge on any atom is 0.417 e. The molecule has 0 aliphatic rings. The van der Waals surface area contributed by atoms with Crippen LogP contribution in [0.15, 0.2) is 55.4 Å². The first-order valence-corrected chi connectivity index (χ1v) is 10.2. The zero-order chi connectivity index (χ0) is 25.2. The monoisotopic (exact) mass is 488 g/mol. The van der Waals surface area contributed by atoms with Gasteiger partial charge in [-0.2, -0.15) is 18.3 Å². The minimum Gasteiger partial charge on any atom is -0.321 e. The van der Waals surface area contributed by atoms with E-state index >= 15 is 0 Å². The second kappa shape index (κ2) is 9.57. The van der Waals surface area contributed by atoms with Crippen molar-refractivity contribution in [2.45, 2.75) is 19.0 Å². The first-order valence-electron chi connectivity index (χ1n) is 10.2. The Morgan fingerprint density at radius 3 is 2.37 bits per heavy atom. The topological polar surface area (TPSA) is 85.6 Å². The van der Waals surface area contributed by atoms with Crippen molar-refractivity contribution in [3.63, 3.8) is 0 Å². The van der Waals surface area contributed by atoms with Gasteiger partial charge in [-0.05, 0) is 29.3 Å². The Kier molecular flexibility index (Phi) is 6.54. The van der Waals surface area contributed by atoms with Gasteiger partial charge in [0.05, 0.1) is 17.4 Å². The van der Waals surface area contributed by atoms with Crippen LogP contribution in [-0.2, 0) is 30.9 Å². The molecule has 0 saturated heterocycles. The number of nitrogens with one attached hydrogen (secondary N) is 1. The summed E-state index contributed by atoms with van der Waals surface area (Å²) in [5.74, 6) is -2.00. The van der Waals surface area contributed by atoms with Crippen molar-refractivity contribution in [3.8, 4) is 11.1 Å². The minimum atomic E-state index is -4.60. The van der Waals surface area contributed by atoms with Gasteiger partial charge in [0.1, 0.15) is 17.4 Å². The number of halogens is 5. The van der Waals surface area contributed by atoms with E-state index in [1.807, 2.05) is 0 Å². The molecule has 0 radical (unpaired) electrons. The van der Waals surface area contributed by atoms with Gasteiger partial charge < -0.3 is 5.32 Å². The average Bonchev–Trinajstić information content (AvgIpc) is 3.20. The fourth-order valence-electron chi connectivity index (χ4n) is 3.33. The van der Waals surface area contributed by atoms with Crippen LogP contribution >= 0.6 is 0 Å². The average molecular weight is 488 g/mol. The summed E-state index contributed by atoms with van der Waals surface area (Å²) in [6.07, 6.45) is 2.17. The number of Topliss-reactive ketones (excluding diaryl/α,β-unsaturated/α-hetero) is 1. The first kappa shape index (κ1) is 23.9. The van der Waals surface area contributed by atoms with Gasteiger partial charge >= 0.3 is 6.18 Å². The van der Waals surface area contributed by atoms with Gasteiger partial charge in [0.25, 0.3) is 0 Å². The van der Waals surface area contributed by atoms with Crippen molar-refractivity contribution in [1.82, 2.24) is 24.7 Å². The van der Waals surface area contributed by atoms with Gasteiger partial charge in [-0.25, -0.2) is 18.7 Å². The van der Waals surface area contributed by atoms with Crippen molar-refractivity contribution >= 4 is 17.4 Å². The maximum atomic E-state index is 14.7. The van der Waals surface area contributed by atoms with Crippen molar-refractivity contribution < 1.29 is 26.7 Å². The quantitative estimate of drug-likeness (QED) is 0.381. The number of carbonyl (C=O) groups excluding carboxylic acids is 1. The predicted octanol–water partition coefficient (Wildman–Crippen LogP) is 4.67. The molecule has 35 heavy (non-hydrogen) atoms. The zero-order valence-electron chi connectivity index (χ0n) is 18.1. The van der Waals surface area contributed by atoms with Gasteiger partial charge in [-0.3, -0.25) is 14.5 Å². The van der Waals surface area contributed by atoms with Crippen molar-refractivity contribution in [2.75, 3.05) is 5.32 Å². The van der Waals surface area contributed by atoms with Crippen molar-refractivity contribution in [3.05, 3.63) is 83.7 Å². The van der Waals surface area contributed by atoms with Crippen LogP contribution in [0.5, 0.6) is 0 Å². The Hall–Kier alpha value is -4.22. The van der Waals surface area contributed by atoms with Gasteiger partial charge in [-0.15, -0.1) is 0 Å². The molecule has 0 aliphatic carbocycles. The van der Waals surface area contributed by atoms with Gasteiger partial charge in [-0.1, -0.05) is 0 Å². The molecule has 4 rings (SSSR count). The van der Waals surface area contributed by atoms with Crippen LogP contribution in [0.4, 0.5) is 33.6 Å². The number of hydrogen-bond donors (Lipinski definition) is 1. The van der Waals surface area contributed by atoms with E-state index in [1.54, 1.807) is 24.1 Å². The van der Waals surface area contributed by atoms with E-state index in [4.69, 9.17) is 0 Å². The highest BCUT2D eigenvalue weighted by Gasteiger charge is 2.31. The summed E-state index contributed by atoms with van der Waals surface area (Å²) < 4.78 is 69.4. The molecule has 0 amide bonds. The SMILES string of the molecule is Cn1cc(Nc2ncc(-c3cc(F)c(CC(=O)Cc4cncc(C(F)(F)F)c4)cc3F)cn2)cn1. The van der Waals surface area contributed by atoms with E-state index in [1.165, 1.54) is 12.4 Å². The number of aromatic nitrogens is 5. The maximum absolute atomic E-state index is 14.7. The number of rotatable bonds is 7. The molecule has 0 unspecified atom stereocenters. The second-order valence-corrected chi connectivity index (χ2v) is 7.72. The summed E-state index contributed by atoms with van der Waals surface area (Å²) in [7, 11) is 1.74. The summed E-state index contributed by atoms with van der Waals surface area (Å²) in [5, 5.41) is 6.91. The lowest BCUT2D eigenvalue weighted by Crippen LogP contribution is -2.11. The molecule has 3 aromatic heterocycles. The third-order valence-electron chi connectivity index (χ3n) is 4.97.